The van der Waals surface area contributed by atoms with E-state index in [9.17, 15) is 4.79 Å². The predicted octanol–water partition coefficient (Wildman–Crippen LogP) is 0.615. The maximum atomic E-state index is 12.2. The molecule has 2 aromatic rings. The SMILES string of the molecule is NC(N)=NC(N)=Nc1ccccc1C(=O)Nc1nccs1. The van der Waals surface area contributed by atoms with E-state index in [1.165, 1.54) is 11.3 Å². The number of nitrogens with zero attached hydrogens (tertiary/aromatic N) is 3. The molecule has 0 saturated carbocycles. The number of aromatic nitrogens is 1. The zero-order chi connectivity index (χ0) is 15.2. The zero-order valence-corrected chi connectivity index (χ0v) is 11.7. The fourth-order valence-electron chi connectivity index (χ4n) is 1.49. The van der Waals surface area contributed by atoms with Crippen LogP contribution < -0.4 is 22.5 Å². The molecule has 1 aromatic carbocycles. The molecule has 1 aromatic heterocycles. The lowest BCUT2D eigenvalue weighted by atomic mass is 10.1. The van der Waals surface area contributed by atoms with Crippen LogP contribution in [0.15, 0.2) is 45.8 Å². The summed E-state index contributed by atoms with van der Waals surface area (Å²) in [6.45, 7) is 0. The average Bonchev–Trinajstić information content (AvgIpc) is 2.91. The summed E-state index contributed by atoms with van der Waals surface area (Å²) in [5.74, 6) is -0.688. The number of nitrogens with two attached hydrogens (primary N) is 3. The van der Waals surface area contributed by atoms with E-state index in [0.717, 1.165) is 0 Å². The van der Waals surface area contributed by atoms with Gasteiger partial charge in [0.15, 0.2) is 11.1 Å². The fourth-order valence-corrected chi connectivity index (χ4v) is 2.02. The Balaban J connectivity index is 2.28. The number of benzene rings is 1. The Bertz CT molecular complexity index is 689. The number of thiazole rings is 1. The van der Waals surface area contributed by atoms with Crippen molar-refractivity contribution in [3.63, 3.8) is 0 Å². The van der Waals surface area contributed by atoms with Crippen molar-refractivity contribution < 1.29 is 4.79 Å². The second-order valence-corrected chi connectivity index (χ2v) is 4.71. The normalized spacial score (nSPS) is 11.0. The van der Waals surface area contributed by atoms with E-state index < -0.39 is 0 Å². The molecule has 0 aliphatic heterocycles. The van der Waals surface area contributed by atoms with Crippen molar-refractivity contribution in [1.82, 2.24) is 4.98 Å². The van der Waals surface area contributed by atoms with Crippen molar-refractivity contribution in [2.24, 2.45) is 27.2 Å². The third-order valence-corrected chi connectivity index (χ3v) is 2.97. The largest absolute Gasteiger partial charge is 0.370 e. The molecule has 1 amide bonds. The van der Waals surface area contributed by atoms with Crippen LogP contribution in [0.1, 0.15) is 10.4 Å². The first-order valence-electron chi connectivity index (χ1n) is 5.80. The lowest BCUT2D eigenvalue weighted by Gasteiger charge is -2.05. The van der Waals surface area contributed by atoms with Crippen LogP contribution in [0.4, 0.5) is 10.8 Å². The van der Waals surface area contributed by atoms with Gasteiger partial charge in [0.2, 0.25) is 5.96 Å². The molecule has 2 rings (SSSR count). The Labute approximate surface area is 124 Å². The summed E-state index contributed by atoms with van der Waals surface area (Å²) in [6, 6.07) is 6.69. The summed E-state index contributed by atoms with van der Waals surface area (Å²) >= 11 is 1.32. The minimum absolute atomic E-state index is 0.135. The number of para-hydroxylation sites is 1. The van der Waals surface area contributed by atoms with Gasteiger partial charge in [-0.1, -0.05) is 12.1 Å². The van der Waals surface area contributed by atoms with Gasteiger partial charge in [-0.05, 0) is 12.1 Å². The average molecular weight is 303 g/mol. The van der Waals surface area contributed by atoms with Crippen molar-refractivity contribution in [3.05, 3.63) is 41.4 Å². The van der Waals surface area contributed by atoms with E-state index >= 15 is 0 Å². The van der Waals surface area contributed by atoms with Gasteiger partial charge in [0.1, 0.15) is 0 Å². The third-order valence-electron chi connectivity index (χ3n) is 2.28. The lowest BCUT2D eigenvalue weighted by molar-refractivity contribution is 0.102. The molecule has 9 heteroatoms. The quantitative estimate of drug-likeness (QED) is 0.485. The molecule has 21 heavy (non-hydrogen) atoms. The second kappa shape index (κ2) is 6.48. The molecule has 0 fully saturated rings. The standard InChI is InChI=1S/C12H13N7OS/c13-10(14)19-11(15)17-8-4-2-1-3-7(8)9(20)18-12-16-5-6-21-12/h1-6H,(H,16,18,20)(H6,13,14,15,17,19). The van der Waals surface area contributed by atoms with Gasteiger partial charge in [-0.2, -0.15) is 4.99 Å². The van der Waals surface area contributed by atoms with Crippen molar-refractivity contribution in [1.29, 1.82) is 0 Å². The van der Waals surface area contributed by atoms with Crippen LogP contribution in [0.2, 0.25) is 0 Å². The number of aliphatic imine (C=N–C) groups is 2. The number of hydrogen-bond acceptors (Lipinski definition) is 4. The molecule has 108 valence electrons. The van der Waals surface area contributed by atoms with Gasteiger partial charge in [-0.15, -0.1) is 11.3 Å². The minimum Gasteiger partial charge on any atom is -0.370 e. The van der Waals surface area contributed by atoms with Crippen LogP contribution in [0.3, 0.4) is 0 Å². The Morgan fingerprint density at radius 2 is 2.00 bits per heavy atom. The molecule has 8 nitrogen and oxygen atoms in total. The molecule has 0 radical (unpaired) electrons. The molecule has 0 atom stereocenters. The van der Waals surface area contributed by atoms with Crippen LogP contribution in [0.5, 0.6) is 0 Å². The van der Waals surface area contributed by atoms with Crippen molar-refractivity contribution in [2.75, 3.05) is 5.32 Å². The van der Waals surface area contributed by atoms with Gasteiger partial charge in [0.05, 0.1) is 11.3 Å². The van der Waals surface area contributed by atoms with Crippen molar-refractivity contribution in [3.8, 4) is 0 Å². The molecule has 0 aliphatic rings. The molecule has 0 saturated heterocycles. The predicted molar refractivity (Wildman–Crippen MR) is 83.6 cm³/mol. The highest BCUT2D eigenvalue weighted by molar-refractivity contribution is 7.13. The number of nitrogens with one attached hydrogen (secondary N) is 1. The first-order chi connectivity index (χ1) is 10.1. The summed E-state index contributed by atoms with van der Waals surface area (Å²) in [5, 5.41) is 4.92. The van der Waals surface area contributed by atoms with E-state index in [0.29, 0.717) is 16.4 Å². The number of anilines is 1. The maximum absolute atomic E-state index is 12.2. The summed E-state index contributed by atoms with van der Waals surface area (Å²) in [5.41, 5.74) is 16.7. The molecule has 0 unspecified atom stereocenters. The Kier molecular flexibility index (Phi) is 4.46. The molecule has 7 N–H and O–H groups in total. The smallest absolute Gasteiger partial charge is 0.259 e. The number of guanidine groups is 2. The Hall–Kier alpha value is -2.94. The highest BCUT2D eigenvalue weighted by Crippen LogP contribution is 2.21. The Morgan fingerprint density at radius 3 is 2.67 bits per heavy atom. The van der Waals surface area contributed by atoms with Gasteiger partial charge < -0.3 is 17.2 Å². The van der Waals surface area contributed by atoms with E-state index in [1.807, 2.05) is 0 Å². The van der Waals surface area contributed by atoms with E-state index in [1.54, 1.807) is 35.8 Å². The number of hydrogen-bond donors (Lipinski definition) is 4. The molecule has 0 bridgehead atoms. The number of carbonyl (C=O) groups excluding carboxylic acids is 1. The summed E-state index contributed by atoms with van der Waals surface area (Å²) in [4.78, 5) is 23.8. The third kappa shape index (κ3) is 4.01. The Morgan fingerprint density at radius 1 is 1.24 bits per heavy atom. The van der Waals surface area contributed by atoms with E-state index in [4.69, 9.17) is 17.2 Å². The molecular weight excluding hydrogens is 290 g/mol. The van der Waals surface area contributed by atoms with Gasteiger partial charge in [0, 0.05) is 11.6 Å². The maximum Gasteiger partial charge on any atom is 0.259 e. The first kappa shape index (κ1) is 14.5. The van der Waals surface area contributed by atoms with Crippen molar-refractivity contribution in [2.45, 2.75) is 0 Å². The van der Waals surface area contributed by atoms with Crippen LogP contribution >= 0.6 is 11.3 Å². The second-order valence-electron chi connectivity index (χ2n) is 3.82. The topological polar surface area (TPSA) is 145 Å². The van der Waals surface area contributed by atoms with E-state index in [2.05, 4.69) is 20.3 Å². The zero-order valence-electron chi connectivity index (χ0n) is 10.9. The number of amides is 1. The van der Waals surface area contributed by atoms with Crippen LogP contribution in [0.25, 0.3) is 0 Å². The minimum atomic E-state index is -0.346. The van der Waals surface area contributed by atoms with Gasteiger partial charge in [-0.3, -0.25) is 10.1 Å². The van der Waals surface area contributed by atoms with Crippen LogP contribution in [0, 0.1) is 0 Å². The highest BCUT2D eigenvalue weighted by Gasteiger charge is 2.12. The van der Waals surface area contributed by atoms with Crippen molar-refractivity contribution >= 4 is 40.0 Å². The molecule has 0 aliphatic carbocycles. The lowest BCUT2D eigenvalue weighted by Crippen LogP contribution is -2.26. The molecule has 1 heterocycles. The van der Waals surface area contributed by atoms with Gasteiger partial charge in [-0.25, -0.2) is 9.98 Å². The first-order valence-corrected chi connectivity index (χ1v) is 6.68. The highest BCUT2D eigenvalue weighted by atomic mass is 32.1. The molecular formula is C12H13N7OS. The van der Waals surface area contributed by atoms with Crippen LogP contribution in [-0.4, -0.2) is 22.8 Å². The fraction of sp³-hybridized carbons (Fsp3) is 0. The molecule has 0 spiro atoms. The summed E-state index contributed by atoms with van der Waals surface area (Å²) in [7, 11) is 0. The van der Waals surface area contributed by atoms with Gasteiger partial charge >= 0.3 is 0 Å². The monoisotopic (exact) mass is 303 g/mol. The van der Waals surface area contributed by atoms with Gasteiger partial charge in [0.25, 0.3) is 5.91 Å². The number of carbonyl (C=O) groups is 1. The summed E-state index contributed by atoms with van der Waals surface area (Å²) in [6.07, 6.45) is 1.60. The summed E-state index contributed by atoms with van der Waals surface area (Å²) < 4.78 is 0. The number of rotatable bonds is 3. The van der Waals surface area contributed by atoms with Crippen LogP contribution in [-0.2, 0) is 0 Å². The van der Waals surface area contributed by atoms with E-state index in [-0.39, 0.29) is 17.8 Å².